The molecule has 3 aromatic rings. The summed E-state index contributed by atoms with van der Waals surface area (Å²) in [6, 6.07) is 8.55. The van der Waals surface area contributed by atoms with Crippen molar-refractivity contribution in [1.82, 2.24) is 14.5 Å². The highest BCUT2D eigenvalue weighted by atomic mass is 35.5. The lowest BCUT2D eigenvalue weighted by Crippen LogP contribution is -2.12. The molecule has 0 aliphatic rings. The molecule has 3 aromatic heterocycles. The molecule has 2 unspecified atom stereocenters. The van der Waals surface area contributed by atoms with Gasteiger partial charge in [0.1, 0.15) is 11.3 Å². The van der Waals surface area contributed by atoms with E-state index in [1.54, 1.807) is 0 Å². The van der Waals surface area contributed by atoms with Crippen LogP contribution >= 0.6 is 22.9 Å². The highest BCUT2D eigenvalue weighted by molar-refractivity contribution is 7.11. The van der Waals surface area contributed by atoms with Crippen molar-refractivity contribution in [3.63, 3.8) is 0 Å². The van der Waals surface area contributed by atoms with Gasteiger partial charge in [-0.25, -0.2) is 9.97 Å². The average Bonchev–Trinajstić information content (AvgIpc) is 3.02. The molecular weight excluding hydrogens is 302 g/mol. The van der Waals surface area contributed by atoms with Crippen molar-refractivity contribution in [2.24, 2.45) is 0 Å². The first kappa shape index (κ1) is 14.5. The molecule has 0 amide bonds. The lowest BCUT2D eigenvalue weighted by Gasteiger charge is -2.17. The zero-order valence-corrected chi connectivity index (χ0v) is 13.9. The molecule has 0 aliphatic heterocycles. The number of imidazole rings is 1. The summed E-state index contributed by atoms with van der Waals surface area (Å²) in [5, 5.41) is -0.133. The second kappa shape index (κ2) is 5.78. The van der Waals surface area contributed by atoms with Gasteiger partial charge >= 0.3 is 0 Å². The number of rotatable bonds is 4. The number of aryl methyl sites for hydroxylation is 1. The summed E-state index contributed by atoms with van der Waals surface area (Å²) in [5.41, 5.74) is 1.83. The van der Waals surface area contributed by atoms with Crippen LogP contribution in [0.4, 0.5) is 0 Å². The van der Waals surface area contributed by atoms with Crippen LogP contribution < -0.4 is 0 Å². The van der Waals surface area contributed by atoms with Gasteiger partial charge in [-0.2, -0.15) is 0 Å². The van der Waals surface area contributed by atoms with Crippen LogP contribution in [0.5, 0.6) is 0 Å². The molecule has 2 atom stereocenters. The fourth-order valence-electron chi connectivity index (χ4n) is 2.64. The molecule has 3 heterocycles. The van der Waals surface area contributed by atoms with E-state index in [1.807, 2.05) is 36.6 Å². The van der Waals surface area contributed by atoms with Crippen LogP contribution in [0, 0.1) is 6.92 Å². The maximum atomic E-state index is 6.32. The zero-order valence-electron chi connectivity index (χ0n) is 12.4. The first-order chi connectivity index (χ1) is 10.1. The van der Waals surface area contributed by atoms with Gasteiger partial charge in [0, 0.05) is 28.4 Å². The SMILES string of the molecule is Cc1ccc(CC(C)n2c(C(C)Cl)nc3cccnc32)s1. The number of thiophene rings is 1. The smallest absolute Gasteiger partial charge is 0.160 e. The molecule has 5 heteroatoms. The molecule has 0 saturated heterocycles. The Balaban J connectivity index is 2.03. The number of hydrogen-bond donors (Lipinski definition) is 0. The van der Waals surface area contributed by atoms with Crippen molar-refractivity contribution in [1.29, 1.82) is 0 Å². The van der Waals surface area contributed by atoms with E-state index in [0.717, 1.165) is 23.4 Å². The van der Waals surface area contributed by atoms with E-state index in [1.165, 1.54) is 9.75 Å². The lowest BCUT2D eigenvalue weighted by atomic mass is 10.2. The Labute approximate surface area is 133 Å². The summed E-state index contributed by atoms with van der Waals surface area (Å²) in [5.74, 6) is 0.895. The average molecular weight is 320 g/mol. The summed E-state index contributed by atoms with van der Waals surface area (Å²) in [4.78, 5) is 11.9. The second-order valence-corrected chi connectivity index (χ2v) is 7.39. The van der Waals surface area contributed by atoms with Gasteiger partial charge < -0.3 is 4.57 Å². The Morgan fingerprint density at radius 2 is 2.10 bits per heavy atom. The van der Waals surface area contributed by atoms with E-state index in [0.29, 0.717) is 0 Å². The van der Waals surface area contributed by atoms with Crippen molar-refractivity contribution in [2.45, 2.75) is 38.6 Å². The van der Waals surface area contributed by atoms with Crippen LogP contribution in [0.1, 0.15) is 40.8 Å². The van der Waals surface area contributed by atoms with E-state index in [2.05, 4.69) is 40.5 Å². The molecule has 0 aromatic carbocycles. The molecule has 0 fully saturated rings. The Morgan fingerprint density at radius 1 is 1.29 bits per heavy atom. The molecule has 0 saturated carbocycles. The minimum absolute atomic E-state index is 0.133. The first-order valence-electron chi connectivity index (χ1n) is 7.08. The molecule has 21 heavy (non-hydrogen) atoms. The maximum absolute atomic E-state index is 6.32. The van der Waals surface area contributed by atoms with Crippen LogP contribution in [0.15, 0.2) is 30.5 Å². The van der Waals surface area contributed by atoms with Crippen LogP contribution in [0.25, 0.3) is 11.2 Å². The second-order valence-electron chi connectivity index (χ2n) is 5.37. The van der Waals surface area contributed by atoms with E-state index >= 15 is 0 Å². The third kappa shape index (κ3) is 2.83. The number of hydrogen-bond acceptors (Lipinski definition) is 3. The Bertz CT molecular complexity index is 760. The first-order valence-corrected chi connectivity index (χ1v) is 8.34. The Kier molecular flexibility index (Phi) is 4.00. The van der Waals surface area contributed by atoms with Crippen LogP contribution in [-0.4, -0.2) is 14.5 Å². The molecule has 0 N–H and O–H groups in total. The van der Waals surface area contributed by atoms with Crippen molar-refractivity contribution < 1.29 is 0 Å². The monoisotopic (exact) mass is 319 g/mol. The topological polar surface area (TPSA) is 30.7 Å². The molecule has 0 radical (unpaired) electrons. The third-order valence-corrected chi connectivity index (χ3v) is 4.78. The van der Waals surface area contributed by atoms with E-state index in [4.69, 9.17) is 11.6 Å². The number of alkyl halides is 1. The van der Waals surface area contributed by atoms with Crippen molar-refractivity contribution >= 4 is 34.1 Å². The Morgan fingerprint density at radius 3 is 2.76 bits per heavy atom. The predicted octanol–water partition coefficient (Wildman–Crippen LogP) is 4.90. The molecule has 3 rings (SSSR count). The quantitative estimate of drug-likeness (QED) is 0.640. The molecule has 110 valence electrons. The highest BCUT2D eigenvalue weighted by Crippen LogP contribution is 2.29. The minimum Gasteiger partial charge on any atom is -0.308 e. The van der Waals surface area contributed by atoms with Crippen molar-refractivity contribution in [3.8, 4) is 0 Å². The zero-order chi connectivity index (χ0) is 15.0. The summed E-state index contributed by atoms with van der Waals surface area (Å²) >= 11 is 8.17. The normalized spacial score (nSPS) is 14.5. The number of nitrogens with zero attached hydrogens (tertiary/aromatic N) is 3. The van der Waals surface area contributed by atoms with Gasteiger partial charge in [0.2, 0.25) is 0 Å². The fourth-order valence-corrected chi connectivity index (χ4v) is 3.80. The molecule has 3 nitrogen and oxygen atoms in total. The van der Waals surface area contributed by atoms with Crippen LogP contribution in [-0.2, 0) is 6.42 Å². The van der Waals surface area contributed by atoms with Crippen LogP contribution in [0.3, 0.4) is 0 Å². The summed E-state index contributed by atoms with van der Waals surface area (Å²) in [6.07, 6.45) is 2.78. The van der Waals surface area contributed by atoms with Gasteiger partial charge in [-0.1, -0.05) is 0 Å². The number of halogens is 1. The summed E-state index contributed by atoms with van der Waals surface area (Å²) in [7, 11) is 0. The molecular formula is C16H18ClN3S. The molecule has 0 aliphatic carbocycles. The van der Waals surface area contributed by atoms with Gasteiger partial charge in [0.25, 0.3) is 0 Å². The van der Waals surface area contributed by atoms with Crippen molar-refractivity contribution in [2.75, 3.05) is 0 Å². The lowest BCUT2D eigenvalue weighted by molar-refractivity contribution is 0.535. The minimum atomic E-state index is -0.133. The van der Waals surface area contributed by atoms with E-state index < -0.39 is 0 Å². The number of fused-ring (bicyclic) bond motifs is 1. The molecule has 0 spiro atoms. The van der Waals surface area contributed by atoms with E-state index in [9.17, 15) is 0 Å². The van der Waals surface area contributed by atoms with Gasteiger partial charge in [-0.15, -0.1) is 22.9 Å². The fraction of sp³-hybridized carbons (Fsp3) is 0.375. The van der Waals surface area contributed by atoms with Gasteiger partial charge in [0.15, 0.2) is 5.65 Å². The number of aromatic nitrogens is 3. The van der Waals surface area contributed by atoms with E-state index in [-0.39, 0.29) is 11.4 Å². The number of pyridine rings is 1. The largest absolute Gasteiger partial charge is 0.308 e. The van der Waals surface area contributed by atoms with Gasteiger partial charge in [-0.05, 0) is 45.0 Å². The Hall–Kier alpha value is -1.39. The standard InChI is InChI=1S/C16H18ClN3S/c1-10(9-13-7-6-11(2)21-13)20-15(12(3)17)19-14-5-4-8-18-16(14)20/h4-8,10,12H,9H2,1-3H3. The highest BCUT2D eigenvalue weighted by Gasteiger charge is 2.20. The summed E-state index contributed by atoms with van der Waals surface area (Å²) < 4.78 is 2.18. The van der Waals surface area contributed by atoms with Crippen molar-refractivity contribution in [3.05, 3.63) is 46.0 Å². The third-order valence-electron chi connectivity index (χ3n) is 3.57. The predicted molar refractivity (Wildman–Crippen MR) is 89.3 cm³/mol. The summed E-state index contributed by atoms with van der Waals surface area (Å²) in [6.45, 7) is 6.30. The van der Waals surface area contributed by atoms with Gasteiger partial charge in [-0.3, -0.25) is 0 Å². The van der Waals surface area contributed by atoms with Crippen LogP contribution in [0.2, 0.25) is 0 Å². The maximum Gasteiger partial charge on any atom is 0.160 e. The van der Waals surface area contributed by atoms with Gasteiger partial charge in [0.05, 0.1) is 5.38 Å². The molecule has 0 bridgehead atoms.